The van der Waals surface area contributed by atoms with E-state index in [1.165, 1.54) is 5.56 Å². The lowest BCUT2D eigenvalue weighted by Crippen LogP contribution is -2.46. The quantitative estimate of drug-likeness (QED) is 0.929. The summed E-state index contributed by atoms with van der Waals surface area (Å²) in [5.41, 5.74) is 2.93. The summed E-state index contributed by atoms with van der Waals surface area (Å²) in [6.07, 6.45) is 1.15. The highest BCUT2D eigenvalue weighted by Crippen LogP contribution is 2.29. The Kier molecular flexibility index (Phi) is 4.59. The van der Waals surface area contributed by atoms with E-state index in [4.69, 9.17) is 0 Å². The van der Waals surface area contributed by atoms with Gasteiger partial charge in [-0.2, -0.15) is 0 Å². The molecule has 120 valence electrons. The third kappa shape index (κ3) is 3.49. The Hall–Kier alpha value is -1.84. The van der Waals surface area contributed by atoms with Crippen LogP contribution in [0.25, 0.3) is 0 Å². The van der Waals surface area contributed by atoms with Crippen LogP contribution in [-0.4, -0.2) is 23.9 Å². The predicted molar refractivity (Wildman–Crippen MR) is 88.9 cm³/mol. The molecule has 0 aliphatic carbocycles. The van der Waals surface area contributed by atoms with Gasteiger partial charge in [-0.25, -0.2) is 0 Å². The fourth-order valence-electron chi connectivity index (χ4n) is 2.75. The average Bonchev–Trinajstić information content (AvgIpc) is 2.80. The topological polar surface area (TPSA) is 49.4 Å². The van der Waals surface area contributed by atoms with Gasteiger partial charge >= 0.3 is 0 Å². The van der Waals surface area contributed by atoms with E-state index >= 15 is 0 Å². The van der Waals surface area contributed by atoms with Crippen molar-refractivity contribution in [3.8, 4) is 0 Å². The van der Waals surface area contributed by atoms with Gasteiger partial charge < -0.3 is 10.2 Å². The van der Waals surface area contributed by atoms with E-state index in [1.54, 1.807) is 4.90 Å². The van der Waals surface area contributed by atoms with Crippen LogP contribution in [0.15, 0.2) is 18.2 Å². The normalized spacial score (nSPS) is 18.7. The molecule has 1 aliphatic rings. The molecule has 1 heterocycles. The van der Waals surface area contributed by atoms with Crippen LogP contribution in [0.4, 0.5) is 5.69 Å². The van der Waals surface area contributed by atoms with Gasteiger partial charge in [-0.05, 0) is 45.7 Å². The zero-order valence-corrected chi connectivity index (χ0v) is 14.2. The lowest BCUT2D eigenvalue weighted by atomic mass is 9.99. The minimum Gasteiger partial charge on any atom is -0.351 e. The van der Waals surface area contributed by atoms with Gasteiger partial charge in [0.1, 0.15) is 0 Å². The average molecular weight is 302 g/mol. The lowest BCUT2D eigenvalue weighted by Gasteiger charge is -2.26. The largest absolute Gasteiger partial charge is 0.351 e. The summed E-state index contributed by atoms with van der Waals surface area (Å²) in [5, 5.41) is 3.05. The van der Waals surface area contributed by atoms with Crippen molar-refractivity contribution >= 4 is 17.5 Å². The summed E-state index contributed by atoms with van der Waals surface area (Å²) in [7, 11) is 0. The molecule has 1 unspecified atom stereocenters. The van der Waals surface area contributed by atoms with Crippen LogP contribution in [0.1, 0.15) is 44.7 Å². The van der Waals surface area contributed by atoms with Gasteiger partial charge in [0.25, 0.3) is 0 Å². The molecule has 0 radical (unpaired) electrons. The van der Waals surface area contributed by atoms with E-state index in [2.05, 4.69) is 11.4 Å². The molecule has 22 heavy (non-hydrogen) atoms. The van der Waals surface area contributed by atoms with E-state index in [0.29, 0.717) is 13.0 Å². The SMILES string of the molecule is CCC(C)(C)NC(=O)C1CC(=O)N(c2ccc(C)cc2C)C1. The summed E-state index contributed by atoms with van der Waals surface area (Å²) in [5.74, 6) is -0.257. The maximum Gasteiger partial charge on any atom is 0.227 e. The van der Waals surface area contributed by atoms with Gasteiger partial charge in [-0.3, -0.25) is 9.59 Å². The Morgan fingerprint density at radius 2 is 2.05 bits per heavy atom. The molecule has 2 rings (SSSR count). The van der Waals surface area contributed by atoms with Crippen LogP contribution in [-0.2, 0) is 9.59 Å². The van der Waals surface area contributed by atoms with Crippen molar-refractivity contribution in [2.45, 2.75) is 53.0 Å². The number of nitrogens with one attached hydrogen (secondary N) is 1. The molecule has 1 saturated heterocycles. The van der Waals surface area contributed by atoms with Crippen molar-refractivity contribution in [2.75, 3.05) is 11.4 Å². The second-order valence-corrected chi connectivity index (χ2v) is 6.92. The van der Waals surface area contributed by atoms with E-state index in [1.807, 2.05) is 46.8 Å². The van der Waals surface area contributed by atoms with E-state index < -0.39 is 0 Å². The maximum atomic E-state index is 12.4. The van der Waals surface area contributed by atoms with Crippen molar-refractivity contribution in [3.63, 3.8) is 0 Å². The Morgan fingerprint density at radius 3 is 2.64 bits per heavy atom. The van der Waals surface area contributed by atoms with Crippen LogP contribution >= 0.6 is 0 Å². The molecule has 1 fully saturated rings. The number of rotatable bonds is 4. The monoisotopic (exact) mass is 302 g/mol. The molecule has 1 aliphatic heterocycles. The number of anilines is 1. The molecule has 1 aromatic carbocycles. The maximum absolute atomic E-state index is 12.4. The molecule has 0 aromatic heterocycles. The van der Waals surface area contributed by atoms with Crippen molar-refractivity contribution in [3.05, 3.63) is 29.3 Å². The fourth-order valence-corrected chi connectivity index (χ4v) is 2.75. The molecule has 1 N–H and O–H groups in total. The number of hydrogen-bond acceptors (Lipinski definition) is 2. The number of aryl methyl sites for hydroxylation is 2. The predicted octanol–water partition coefficient (Wildman–Crippen LogP) is 2.96. The summed E-state index contributed by atoms with van der Waals surface area (Å²) in [6.45, 7) is 10.6. The van der Waals surface area contributed by atoms with Crippen LogP contribution in [0.2, 0.25) is 0 Å². The summed E-state index contributed by atoms with van der Waals surface area (Å²) in [6, 6.07) is 6.04. The van der Waals surface area contributed by atoms with E-state index in [-0.39, 0.29) is 23.3 Å². The number of benzene rings is 1. The standard InChI is InChI=1S/C18H26N2O2/c1-6-18(4,5)19-17(22)14-10-16(21)20(11-14)15-8-7-12(2)9-13(15)3/h7-9,14H,6,10-11H2,1-5H3,(H,19,22). The van der Waals surface area contributed by atoms with Gasteiger partial charge in [-0.15, -0.1) is 0 Å². The second kappa shape index (κ2) is 6.11. The highest BCUT2D eigenvalue weighted by atomic mass is 16.2. The van der Waals surface area contributed by atoms with Gasteiger partial charge in [0, 0.05) is 24.2 Å². The lowest BCUT2D eigenvalue weighted by molar-refractivity contribution is -0.127. The Balaban J connectivity index is 2.12. The molecule has 1 atom stereocenters. The zero-order chi connectivity index (χ0) is 16.5. The molecular weight excluding hydrogens is 276 g/mol. The first kappa shape index (κ1) is 16.5. The van der Waals surface area contributed by atoms with Crippen LogP contribution in [0, 0.1) is 19.8 Å². The van der Waals surface area contributed by atoms with E-state index in [0.717, 1.165) is 17.7 Å². The number of amides is 2. The van der Waals surface area contributed by atoms with Crippen molar-refractivity contribution in [1.82, 2.24) is 5.32 Å². The second-order valence-electron chi connectivity index (χ2n) is 6.92. The molecule has 1 aromatic rings. The Morgan fingerprint density at radius 1 is 1.36 bits per heavy atom. The van der Waals surface area contributed by atoms with Crippen LogP contribution in [0.5, 0.6) is 0 Å². The minimum absolute atomic E-state index is 0.0209. The molecule has 0 saturated carbocycles. The third-order valence-corrected chi connectivity index (χ3v) is 4.48. The number of carbonyl (C=O) groups is 2. The molecule has 2 amide bonds. The first-order valence-corrected chi connectivity index (χ1v) is 7.93. The summed E-state index contributed by atoms with van der Waals surface area (Å²) >= 11 is 0. The highest BCUT2D eigenvalue weighted by molar-refractivity contribution is 6.00. The molecule has 4 nitrogen and oxygen atoms in total. The van der Waals surface area contributed by atoms with Gasteiger partial charge in [0.2, 0.25) is 11.8 Å². The summed E-state index contributed by atoms with van der Waals surface area (Å²) < 4.78 is 0. The van der Waals surface area contributed by atoms with Gasteiger partial charge in [-0.1, -0.05) is 24.6 Å². The highest BCUT2D eigenvalue weighted by Gasteiger charge is 2.36. The Labute approximate surface area is 132 Å². The number of carbonyl (C=O) groups excluding carboxylic acids is 2. The minimum atomic E-state index is -0.265. The molecule has 4 heteroatoms. The number of nitrogens with zero attached hydrogens (tertiary/aromatic N) is 1. The number of hydrogen-bond donors (Lipinski definition) is 1. The van der Waals surface area contributed by atoms with Crippen LogP contribution < -0.4 is 10.2 Å². The van der Waals surface area contributed by atoms with Crippen molar-refractivity contribution in [2.24, 2.45) is 5.92 Å². The third-order valence-electron chi connectivity index (χ3n) is 4.48. The van der Waals surface area contributed by atoms with Gasteiger partial charge in [0.05, 0.1) is 5.92 Å². The molecule has 0 spiro atoms. The first-order valence-electron chi connectivity index (χ1n) is 7.93. The summed E-state index contributed by atoms with van der Waals surface area (Å²) in [4.78, 5) is 26.4. The van der Waals surface area contributed by atoms with Crippen LogP contribution in [0.3, 0.4) is 0 Å². The molecule has 0 bridgehead atoms. The molecular formula is C18H26N2O2. The fraction of sp³-hybridized carbons (Fsp3) is 0.556. The zero-order valence-electron chi connectivity index (χ0n) is 14.2. The smallest absolute Gasteiger partial charge is 0.227 e. The Bertz CT molecular complexity index is 593. The van der Waals surface area contributed by atoms with E-state index in [9.17, 15) is 9.59 Å². The van der Waals surface area contributed by atoms with Crippen molar-refractivity contribution < 1.29 is 9.59 Å². The first-order chi connectivity index (χ1) is 10.2. The van der Waals surface area contributed by atoms with Crippen molar-refractivity contribution in [1.29, 1.82) is 0 Å². The van der Waals surface area contributed by atoms with Gasteiger partial charge in [0.15, 0.2) is 0 Å².